The third-order valence-electron chi connectivity index (χ3n) is 8.32. The predicted octanol–water partition coefficient (Wildman–Crippen LogP) is 6.84. The summed E-state index contributed by atoms with van der Waals surface area (Å²) < 4.78 is 17.1. The second kappa shape index (κ2) is 16.0. The van der Waals surface area contributed by atoms with Crippen LogP contribution in [0.4, 0.5) is 4.79 Å². The highest BCUT2D eigenvalue weighted by Crippen LogP contribution is 2.44. The number of carbonyl (C=O) groups excluding carboxylic acids is 4. The van der Waals surface area contributed by atoms with Crippen LogP contribution in [0.5, 0.6) is 5.75 Å². The maximum absolute atomic E-state index is 13.8. The molecule has 0 saturated heterocycles. The molecule has 0 saturated carbocycles. The minimum Gasteiger partial charge on any atom is -0.488 e. The fourth-order valence-corrected chi connectivity index (χ4v) is 5.93. The van der Waals surface area contributed by atoms with Crippen molar-refractivity contribution in [1.29, 1.82) is 0 Å². The van der Waals surface area contributed by atoms with Crippen molar-refractivity contribution in [3.8, 4) is 16.9 Å². The zero-order valence-corrected chi connectivity index (χ0v) is 31.3. The molecule has 2 unspecified atom stereocenters. The van der Waals surface area contributed by atoms with Crippen molar-refractivity contribution in [2.75, 3.05) is 6.61 Å². The number of rotatable bonds is 13. The van der Waals surface area contributed by atoms with Crippen molar-refractivity contribution in [3.05, 3.63) is 89.5 Å². The van der Waals surface area contributed by atoms with Crippen LogP contribution in [0.2, 0.25) is 0 Å². The van der Waals surface area contributed by atoms with E-state index in [9.17, 15) is 19.2 Å². The van der Waals surface area contributed by atoms with Crippen molar-refractivity contribution in [2.45, 2.75) is 116 Å². The first-order chi connectivity index (χ1) is 23.8. The van der Waals surface area contributed by atoms with E-state index in [2.05, 4.69) is 28.1 Å². The molecule has 3 aromatic carbocycles. The zero-order chi connectivity index (χ0) is 37.6. The van der Waals surface area contributed by atoms with Crippen molar-refractivity contribution >= 4 is 23.9 Å². The minimum atomic E-state index is -1.34. The van der Waals surface area contributed by atoms with Crippen LogP contribution >= 0.6 is 0 Å². The van der Waals surface area contributed by atoms with Crippen LogP contribution in [-0.4, -0.2) is 59.3 Å². The number of fused-ring (bicyclic) bond motifs is 3. The van der Waals surface area contributed by atoms with Gasteiger partial charge in [-0.05, 0) is 109 Å². The van der Waals surface area contributed by atoms with Crippen LogP contribution in [0, 0.1) is 0 Å². The lowest BCUT2D eigenvalue weighted by Gasteiger charge is -2.29. The number of amides is 3. The van der Waals surface area contributed by atoms with Gasteiger partial charge in [0.05, 0.1) is 0 Å². The Balaban J connectivity index is 1.44. The lowest BCUT2D eigenvalue weighted by Crippen LogP contribution is -2.60. The number of hydrogen-bond acceptors (Lipinski definition) is 7. The van der Waals surface area contributed by atoms with Gasteiger partial charge in [-0.15, -0.1) is 0 Å². The third kappa shape index (κ3) is 11.3. The molecule has 3 amide bonds. The van der Waals surface area contributed by atoms with Gasteiger partial charge in [0.25, 0.3) is 0 Å². The molecule has 10 nitrogen and oxygen atoms in total. The smallest absolute Gasteiger partial charge is 0.407 e. The normalized spacial score (nSPS) is 14.0. The third-order valence-corrected chi connectivity index (χ3v) is 8.32. The molecule has 0 aliphatic heterocycles. The quantitative estimate of drug-likeness (QED) is 0.167. The lowest BCUT2D eigenvalue weighted by molar-refractivity contribution is -0.155. The van der Waals surface area contributed by atoms with Gasteiger partial charge in [0.15, 0.2) is 0 Å². The highest BCUT2D eigenvalue weighted by atomic mass is 16.6. The molecule has 274 valence electrons. The molecule has 10 heteroatoms. The summed E-state index contributed by atoms with van der Waals surface area (Å²) in [6.45, 7) is 16.3. The fraction of sp³-hybridized carbons (Fsp3) is 0.463. The number of esters is 1. The Kier molecular flexibility index (Phi) is 12.2. The molecule has 1 aliphatic rings. The van der Waals surface area contributed by atoms with E-state index < -0.39 is 35.1 Å². The second-order valence-corrected chi connectivity index (χ2v) is 15.7. The lowest BCUT2D eigenvalue weighted by atomic mass is 9.98. The van der Waals surface area contributed by atoms with Gasteiger partial charge >= 0.3 is 12.1 Å². The van der Waals surface area contributed by atoms with Gasteiger partial charge in [-0.2, -0.15) is 0 Å². The van der Waals surface area contributed by atoms with Gasteiger partial charge in [-0.3, -0.25) is 14.4 Å². The van der Waals surface area contributed by atoms with E-state index in [1.165, 1.54) is 0 Å². The summed E-state index contributed by atoms with van der Waals surface area (Å²) in [6, 6.07) is 22.0. The highest BCUT2D eigenvalue weighted by Gasteiger charge is 2.35. The summed E-state index contributed by atoms with van der Waals surface area (Å²) in [7, 11) is 0. The van der Waals surface area contributed by atoms with Crippen LogP contribution in [0.3, 0.4) is 0 Å². The molecule has 4 rings (SSSR count). The summed E-state index contributed by atoms with van der Waals surface area (Å²) in [4.78, 5) is 52.7. The highest BCUT2D eigenvalue weighted by molar-refractivity contribution is 5.94. The Morgan fingerprint density at radius 3 is 1.86 bits per heavy atom. The minimum absolute atomic E-state index is 0.0854. The van der Waals surface area contributed by atoms with Crippen LogP contribution in [0.15, 0.2) is 72.8 Å². The van der Waals surface area contributed by atoms with Crippen molar-refractivity contribution in [3.63, 3.8) is 0 Å². The maximum atomic E-state index is 13.8. The topological polar surface area (TPSA) is 132 Å². The van der Waals surface area contributed by atoms with E-state index in [0.29, 0.717) is 12.2 Å². The molecule has 0 radical (unpaired) electrons. The summed E-state index contributed by atoms with van der Waals surface area (Å²) >= 11 is 0. The standard InChI is InChI=1S/C41H53N3O7/c1-26(18-23-35(45)51-40(5,6)7)42-37(47)41(8,9)44-36(46)34(24-27-19-21-28(22-20-27)50-39(2,3)4)43-38(48)49-25-33-31-16-12-10-14-29(31)30-15-11-13-17-32(30)33/h10-17,19-22,26,33-34H,18,23-25H2,1-9H3,(H,42,47)(H,43,48)(H,44,46). The number of carbonyl (C=O) groups is 4. The molecular formula is C41H53N3O7. The molecule has 0 fully saturated rings. The van der Waals surface area contributed by atoms with Gasteiger partial charge in [0.1, 0.15) is 35.1 Å². The summed E-state index contributed by atoms with van der Waals surface area (Å²) in [5.74, 6) is -0.812. The Hall–Kier alpha value is -4.86. The van der Waals surface area contributed by atoms with Gasteiger partial charge in [0, 0.05) is 24.8 Å². The molecule has 0 spiro atoms. The average Bonchev–Trinajstić information content (AvgIpc) is 3.35. The molecule has 3 aromatic rings. The first-order valence-electron chi connectivity index (χ1n) is 17.6. The summed E-state index contributed by atoms with van der Waals surface area (Å²) in [6.07, 6.45) is -0.110. The SMILES string of the molecule is CC(CCC(=O)OC(C)(C)C)NC(=O)C(C)(C)NC(=O)C(Cc1ccc(OC(C)(C)C)cc1)NC(=O)OCC1c2ccccc2-c2ccccc21. The first kappa shape index (κ1) is 38.9. The average molecular weight is 700 g/mol. The Labute approximate surface area is 302 Å². The van der Waals surface area contributed by atoms with E-state index in [1.54, 1.807) is 41.5 Å². The molecule has 1 aliphatic carbocycles. The van der Waals surface area contributed by atoms with Crippen LogP contribution in [0.25, 0.3) is 11.1 Å². The van der Waals surface area contributed by atoms with Gasteiger partial charge < -0.3 is 30.2 Å². The summed E-state index contributed by atoms with van der Waals surface area (Å²) in [5.41, 5.74) is 2.82. The van der Waals surface area contributed by atoms with E-state index in [0.717, 1.165) is 27.8 Å². The molecular weight excluding hydrogens is 646 g/mol. The number of alkyl carbamates (subject to hydrolysis) is 1. The van der Waals surface area contributed by atoms with Crippen molar-refractivity contribution in [1.82, 2.24) is 16.0 Å². The summed E-state index contributed by atoms with van der Waals surface area (Å²) in [5, 5.41) is 8.45. The van der Waals surface area contributed by atoms with Crippen molar-refractivity contribution in [2.24, 2.45) is 0 Å². The van der Waals surface area contributed by atoms with Crippen LogP contribution in [0.1, 0.15) is 97.8 Å². The number of benzene rings is 3. The molecule has 0 aromatic heterocycles. The molecule has 0 heterocycles. The van der Waals surface area contributed by atoms with E-state index in [-0.39, 0.29) is 43.0 Å². The van der Waals surface area contributed by atoms with Crippen molar-refractivity contribution < 1.29 is 33.4 Å². The van der Waals surface area contributed by atoms with Gasteiger partial charge in [0.2, 0.25) is 11.8 Å². The number of ether oxygens (including phenoxy) is 3. The number of hydrogen-bond donors (Lipinski definition) is 3. The largest absolute Gasteiger partial charge is 0.488 e. The predicted molar refractivity (Wildman–Crippen MR) is 197 cm³/mol. The zero-order valence-electron chi connectivity index (χ0n) is 31.3. The van der Waals surface area contributed by atoms with Crippen LogP contribution in [-0.2, 0) is 30.3 Å². The van der Waals surface area contributed by atoms with Crippen LogP contribution < -0.4 is 20.7 Å². The Bertz CT molecular complexity index is 1660. The second-order valence-electron chi connectivity index (χ2n) is 15.7. The Morgan fingerprint density at radius 1 is 0.745 bits per heavy atom. The fourth-order valence-electron chi connectivity index (χ4n) is 5.93. The molecule has 0 bridgehead atoms. The van der Waals surface area contributed by atoms with Gasteiger partial charge in [-0.1, -0.05) is 60.7 Å². The molecule has 3 N–H and O–H groups in total. The molecule has 2 atom stereocenters. The van der Waals surface area contributed by atoms with Gasteiger partial charge in [-0.25, -0.2) is 4.79 Å². The van der Waals surface area contributed by atoms with E-state index in [4.69, 9.17) is 14.2 Å². The first-order valence-corrected chi connectivity index (χ1v) is 17.6. The van der Waals surface area contributed by atoms with E-state index in [1.807, 2.05) is 81.4 Å². The number of nitrogens with one attached hydrogen (secondary N) is 3. The van der Waals surface area contributed by atoms with E-state index >= 15 is 0 Å². The maximum Gasteiger partial charge on any atom is 0.407 e. The Morgan fingerprint density at radius 2 is 1.31 bits per heavy atom. The monoisotopic (exact) mass is 699 g/mol. The molecule has 51 heavy (non-hydrogen) atoms.